The van der Waals surface area contributed by atoms with E-state index in [-0.39, 0.29) is 0 Å². The lowest BCUT2D eigenvalue weighted by Gasteiger charge is -1.74. The van der Waals surface area contributed by atoms with E-state index in [1.54, 1.807) is 4.70 Å². The van der Waals surface area contributed by atoms with Crippen LogP contribution in [0.1, 0.15) is 0 Å². The SMILES string of the molecule is C=C1C[N+](C)=NO1. The van der Waals surface area contributed by atoms with Crippen molar-refractivity contribution in [1.29, 1.82) is 0 Å². The summed E-state index contributed by atoms with van der Waals surface area (Å²) in [6.07, 6.45) is 0. The number of rotatable bonds is 0. The smallest absolute Gasteiger partial charge is 0.231 e. The number of hydrogen-bond acceptors (Lipinski definition) is 2. The monoisotopic (exact) mass is 99.1 g/mol. The first-order chi connectivity index (χ1) is 3.29. The molecule has 1 aliphatic heterocycles. The van der Waals surface area contributed by atoms with Crippen LogP contribution < -0.4 is 0 Å². The van der Waals surface area contributed by atoms with E-state index in [9.17, 15) is 0 Å². The molecule has 0 radical (unpaired) electrons. The molecule has 0 saturated heterocycles. The lowest BCUT2D eigenvalue weighted by Crippen LogP contribution is -1.97. The van der Waals surface area contributed by atoms with Gasteiger partial charge in [-0.15, -0.1) is 0 Å². The zero-order valence-electron chi connectivity index (χ0n) is 4.22. The molecule has 1 rings (SSSR count). The molecule has 1 aliphatic rings. The third-order valence-electron chi connectivity index (χ3n) is 0.714. The fourth-order valence-electron chi connectivity index (χ4n) is 0.440. The minimum Gasteiger partial charge on any atom is -0.306 e. The fraction of sp³-hybridized carbons (Fsp3) is 0.500. The van der Waals surface area contributed by atoms with Crippen LogP contribution in [0.15, 0.2) is 17.6 Å². The molecule has 0 amide bonds. The van der Waals surface area contributed by atoms with E-state index in [1.165, 1.54) is 0 Å². The molecule has 0 N–H and O–H groups in total. The largest absolute Gasteiger partial charge is 0.306 e. The topological polar surface area (TPSA) is 24.6 Å². The fourth-order valence-corrected chi connectivity index (χ4v) is 0.440. The molecule has 3 heteroatoms. The van der Waals surface area contributed by atoms with E-state index in [4.69, 9.17) is 0 Å². The van der Waals surface area contributed by atoms with Crippen LogP contribution in [-0.2, 0) is 4.84 Å². The molecule has 1 heterocycles. The van der Waals surface area contributed by atoms with Gasteiger partial charge in [-0.25, -0.2) is 0 Å². The van der Waals surface area contributed by atoms with E-state index in [2.05, 4.69) is 16.7 Å². The zero-order valence-corrected chi connectivity index (χ0v) is 4.22. The van der Waals surface area contributed by atoms with Crippen LogP contribution in [0.4, 0.5) is 0 Å². The van der Waals surface area contributed by atoms with Crippen LogP contribution in [0.3, 0.4) is 0 Å². The van der Waals surface area contributed by atoms with Crippen LogP contribution in [0.5, 0.6) is 0 Å². The van der Waals surface area contributed by atoms with Gasteiger partial charge in [0, 0.05) is 0 Å². The number of likely N-dealkylation sites (N-methyl/N-ethyl adjacent to an activating group) is 1. The summed E-state index contributed by atoms with van der Waals surface area (Å²) in [5, 5.41) is 3.55. The van der Waals surface area contributed by atoms with Gasteiger partial charge in [-0.3, -0.25) is 0 Å². The van der Waals surface area contributed by atoms with Crippen LogP contribution in [0.2, 0.25) is 0 Å². The number of hydrogen-bond donors (Lipinski definition) is 0. The van der Waals surface area contributed by atoms with Crippen LogP contribution in [0, 0.1) is 0 Å². The van der Waals surface area contributed by atoms with Crippen molar-refractivity contribution in [3.8, 4) is 0 Å². The molecule has 0 aromatic rings. The molecule has 38 valence electrons. The highest BCUT2D eigenvalue weighted by molar-refractivity contribution is 4.80. The van der Waals surface area contributed by atoms with Gasteiger partial charge in [-0.2, -0.15) is 0 Å². The molecule has 0 aromatic carbocycles. The van der Waals surface area contributed by atoms with Crippen molar-refractivity contribution >= 4 is 0 Å². The van der Waals surface area contributed by atoms with E-state index in [0.717, 1.165) is 6.54 Å². The average molecular weight is 99.1 g/mol. The van der Waals surface area contributed by atoms with E-state index in [0.29, 0.717) is 5.76 Å². The van der Waals surface area contributed by atoms with Crippen molar-refractivity contribution in [2.24, 2.45) is 5.28 Å². The van der Waals surface area contributed by atoms with Crippen molar-refractivity contribution in [3.05, 3.63) is 12.3 Å². The summed E-state index contributed by atoms with van der Waals surface area (Å²) in [6.45, 7) is 4.27. The van der Waals surface area contributed by atoms with Gasteiger partial charge in [-0.05, 0) is 0 Å². The van der Waals surface area contributed by atoms with Gasteiger partial charge in [0.15, 0.2) is 12.3 Å². The maximum absolute atomic E-state index is 4.62. The van der Waals surface area contributed by atoms with Gasteiger partial charge in [0.05, 0.1) is 0 Å². The molecular formula is C4H7N2O+. The van der Waals surface area contributed by atoms with E-state index >= 15 is 0 Å². The van der Waals surface area contributed by atoms with Gasteiger partial charge in [0.25, 0.3) is 0 Å². The Balaban J connectivity index is 2.58. The first-order valence-electron chi connectivity index (χ1n) is 2.06. The predicted octanol–water partition coefficient (Wildman–Crippen LogP) is 0.540. The molecule has 0 aromatic heterocycles. The second kappa shape index (κ2) is 1.33. The first-order valence-corrected chi connectivity index (χ1v) is 2.06. The molecule has 0 saturated carbocycles. The highest BCUT2D eigenvalue weighted by Gasteiger charge is 2.12. The van der Waals surface area contributed by atoms with Crippen molar-refractivity contribution in [3.63, 3.8) is 0 Å². The summed E-state index contributed by atoms with van der Waals surface area (Å²) in [6, 6.07) is 0. The van der Waals surface area contributed by atoms with Crippen molar-refractivity contribution in [1.82, 2.24) is 0 Å². The second-order valence-corrected chi connectivity index (χ2v) is 1.53. The summed E-state index contributed by atoms with van der Waals surface area (Å²) in [5.41, 5.74) is 0. The van der Waals surface area contributed by atoms with E-state index in [1.807, 2.05) is 7.05 Å². The summed E-state index contributed by atoms with van der Waals surface area (Å²) in [4.78, 5) is 4.62. The Morgan fingerprint density at radius 3 is 2.86 bits per heavy atom. The van der Waals surface area contributed by atoms with Crippen LogP contribution in [0.25, 0.3) is 0 Å². The molecule has 3 nitrogen and oxygen atoms in total. The molecule has 0 bridgehead atoms. The third-order valence-corrected chi connectivity index (χ3v) is 0.714. The highest BCUT2D eigenvalue weighted by atomic mass is 16.7. The molecule has 0 unspecified atom stereocenters. The lowest BCUT2D eigenvalue weighted by atomic mass is 10.6. The third kappa shape index (κ3) is 0.765. The molecule has 0 fully saturated rings. The Morgan fingerprint density at radius 2 is 2.71 bits per heavy atom. The first kappa shape index (κ1) is 4.30. The lowest BCUT2D eigenvalue weighted by molar-refractivity contribution is -0.558. The maximum atomic E-state index is 4.62. The molecule has 7 heavy (non-hydrogen) atoms. The second-order valence-electron chi connectivity index (χ2n) is 1.53. The molecule has 0 aliphatic carbocycles. The van der Waals surface area contributed by atoms with Crippen LogP contribution >= 0.6 is 0 Å². The maximum Gasteiger partial charge on any atom is 0.231 e. The number of nitrogens with zero attached hydrogens (tertiary/aromatic N) is 2. The summed E-state index contributed by atoms with van der Waals surface area (Å²) < 4.78 is 1.68. The minimum absolute atomic E-state index is 0.711. The zero-order chi connectivity index (χ0) is 5.28. The highest BCUT2D eigenvalue weighted by Crippen LogP contribution is 2.01. The van der Waals surface area contributed by atoms with Crippen molar-refractivity contribution < 1.29 is 9.53 Å². The average Bonchev–Trinajstić information content (AvgIpc) is 1.87. The Morgan fingerprint density at radius 1 is 2.00 bits per heavy atom. The van der Waals surface area contributed by atoms with Gasteiger partial charge in [0.2, 0.25) is 12.3 Å². The van der Waals surface area contributed by atoms with Crippen molar-refractivity contribution in [2.75, 3.05) is 13.6 Å². The van der Waals surface area contributed by atoms with E-state index < -0.39 is 0 Å². The normalized spacial score (nSPS) is 19.0. The van der Waals surface area contributed by atoms with Gasteiger partial charge >= 0.3 is 0 Å². The van der Waals surface area contributed by atoms with Gasteiger partial charge in [0.1, 0.15) is 0 Å². The predicted molar refractivity (Wildman–Crippen MR) is 23.7 cm³/mol. The Hall–Kier alpha value is -0.860. The minimum atomic E-state index is 0.711. The molecular weight excluding hydrogens is 92.1 g/mol. The summed E-state index contributed by atoms with van der Waals surface area (Å²) in [7, 11) is 1.83. The quantitative estimate of drug-likeness (QED) is 0.407. The van der Waals surface area contributed by atoms with Gasteiger partial charge < -0.3 is 4.84 Å². The summed E-state index contributed by atoms with van der Waals surface area (Å²) in [5.74, 6) is 0.711. The van der Waals surface area contributed by atoms with Gasteiger partial charge in [-0.1, -0.05) is 11.3 Å². The molecule has 0 atom stereocenters. The summed E-state index contributed by atoms with van der Waals surface area (Å²) >= 11 is 0. The standard InChI is InChI=1S/C4H7N2O/c1-4-3-6(2)5-7-4/h1,3H2,2H3/q+1. The van der Waals surface area contributed by atoms with Crippen LogP contribution in [-0.4, -0.2) is 18.3 Å². The molecule has 0 spiro atoms. The van der Waals surface area contributed by atoms with Crippen molar-refractivity contribution in [2.45, 2.75) is 0 Å². The Labute approximate surface area is 41.9 Å². The Bertz CT molecular complexity index is 128. The Kier molecular flexibility index (Phi) is 0.817.